The Bertz CT molecular complexity index is 415. The van der Waals surface area contributed by atoms with Crippen molar-refractivity contribution in [3.05, 3.63) is 33.8 Å². The molecule has 114 valence electrons. The molecule has 1 aromatic rings. The molecule has 0 heterocycles. The summed E-state index contributed by atoms with van der Waals surface area (Å²) in [6, 6.07) is 6.01. The van der Waals surface area contributed by atoms with Gasteiger partial charge in [-0.25, -0.2) is 0 Å². The van der Waals surface area contributed by atoms with Crippen LogP contribution in [0.25, 0.3) is 0 Å². The van der Waals surface area contributed by atoms with Gasteiger partial charge in [-0.05, 0) is 51.8 Å². The van der Waals surface area contributed by atoms with Crippen molar-refractivity contribution in [1.82, 2.24) is 5.32 Å². The molecule has 0 saturated heterocycles. The van der Waals surface area contributed by atoms with Crippen molar-refractivity contribution in [1.29, 1.82) is 0 Å². The molecule has 0 radical (unpaired) electrons. The van der Waals surface area contributed by atoms with Crippen molar-refractivity contribution in [2.75, 3.05) is 13.2 Å². The van der Waals surface area contributed by atoms with Crippen LogP contribution in [0.4, 0.5) is 0 Å². The van der Waals surface area contributed by atoms with Gasteiger partial charge >= 0.3 is 0 Å². The van der Waals surface area contributed by atoms with E-state index < -0.39 is 0 Å². The van der Waals surface area contributed by atoms with Gasteiger partial charge in [0.2, 0.25) is 0 Å². The molecule has 1 N–H and O–H groups in total. The van der Waals surface area contributed by atoms with Crippen LogP contribution >= 0.6 is 23.2 Å². The molecule has 1 rings (SSSR count). The van der Waals surface area contributed by atoms with E-state index in [0.717, 1.165) is 24.9 Å². The molecule has 0 aromatic heterocycles. The van der Waals surface area contributed by atoms with Crippen molar-refractivity contribution in [3.8, 4) is 0 Å². The monoisotopic (exact) mass is 317 g/mol. The molecule has 2 nitrogen and oxygen atoms in total. The lowest BCUT2D eigenvalue weighted by molar-refractivity contribution is -0.0143. The van der Waals surface area contributed by atoms with E-state index in [1.807, 2.05) is 18.2 Å². The highest BCUT2D eigenvalue weighted by Crippen LogP contribution is 2.26. The molecule has 0 amide bonds. The second-order valence-corrected chi connectivity index (χ2v) is 6.78. The van der Waals surface area contributed by atoms with Crippen molar-refractivity contribution < 1.29 is 4.74 Å². The highest BCUT2D eigenvalue weighted by molar-refractivity contribution is 6.42. The number of nitrogens with one attached hydrogen (secondary N) is 1. The third-order valence-corrected chi connectivity index (χ3v) is 3.76. The fraction of sp³-hybridized carbons (Fsp3) is 0.625. The number of hydrogen-bond donors (Lipinski definition) is 1. The minimum atomic E-state index is -0.135. The van der Waals surface area contributed by atoms with Crippen LogP contribution in [0, 0.1) is 0 Å². The average molecular weight is 318 g/mol. The zero-order valence-corrected chi connectivity index (χ0v) is 14.3. The van der Waals surface area contributed by atoms with Gasteiger partial charge in [0, 0.05) is 6.04 Å². The number of halogens is 2. The molecular weight excluding hydrogens is 293 g/mol. The van der Waals surface area contributed by atoms with E-state index in [2.05, 4.69) is 33.0 Å². The topological polar surface area (TPSA) is 21.3 Å². The van der Waals surface area contributed by atoms with E-state index in [9.17, 15) is 0 Å². The maximum absolute atomic E-state index is 6.26. The molecule has 1 atom stereocenters. The predicted octanol–water partition coefficient (Wildman–Crippen LogP) is 4.72. The molecular formula is C16H25Cl2NO. The molecule has 0 bridgehead atoms. The van der Waals surface area contributed by atoms with Crippen LogP contribution in [-0.2, 0) is 11.2 Å². The van der Waals surface area contributed by atoms with E-state index in [4.69, 9.17) is 27.9 Å². The maximum Gasteiger partial charge on any atom is 0.0630 e. The van der Waals surface area contributed by atoms with Crippen LogP contribution in [0.5, 0.6) is 0 Å². The highest BCUT2D eigenvalue weighted by Gasteiger charge is 2.17. The van der Waals surface area contributed by atoms with Crippen molar-refractivity contribution in [2.24, 2.45) is 0 Å². The molecule has 0 aliphatic carbocycles. The quantitative estimate of drug-likeness (QED) is 0.785. The second kappa shape index (κ2) is 8.23. The largest absolute Gasteiger partial charge is 0.374 e. The van der Waals surface area contributed by atoms with Gasteiger partial charge in [-0.15, -0.1) is 0 Å². The van der Waals surface area contributed by atoms with Crippen LogP contribution in [0.15, 0.2) is 18.2 Å². The lowest BCUT2D eigenvalue weighted by atomic mass is 10.1. The van der Waals surface area contributed by atoms with E-state index in [0.29, 0.717) is 16.7 Å². The first kappa shape index (κ1) is 17.8. The number of ether oxygens (including phenoxy) is 1. The molecule has 0 aliphatic heterocycles. The standard InChI is InChI=1S/C16H25Cl2NO/c1-5-9-19-13(11-20-16(2,3)4)10-12-7-6-8-14(17)15(12)18/h6-8,13,19H,5,9-11H2,1-4H3. The number of hydrogen-bond acceptors (Lipinski definition) is 2. The van der Waals surface area contributed by atoms with Gasteiger partial charge in [-0.2, -0.15) is 0 Å². The molecule has 0 spiro atoms. The lowest BCUT2D eigenvalue weighted by Gasteiger charge is -2.25. The van der Waals surface area contributed by atoms with E-state index >= 15 is 0 Å². The van der Waals surface area contributed by atoms with Crippen LogP contribution < -0.4 is 5.32 Å². The van der Waals surface area contributed by atoms with Gasteiger partial charge in [0.1, 0.15) is 0 Å². The molecule has 1 aromatic carbocycles. The third kappa shape index (κ3) is 6.45. The van der Waals surface area contributed by atoms with E-state index in [1.54, 1.807) is 0 Å². The van der Waals surface area contributed by atoms with E-state index in [-0.39, 0.29) is 11.6 Å². The Morgan fingerprint density at radius 1 is 1.25 bits per heavy atom. The van der Waals surface area contributed by atoms with Crippen molar-refractivity contribution in [3.63, 3.8) is 0 Å². The summed E-state index contributed by atoms with van der Waals surface area (Å²) in [4.78, 5) is 0. The van der Waals surface area contributed by atoms with Crippen LogP contribution in [-0.4, -0.2) is 24.8 Å². The zero-order chi connectivity index (χ0) is 15.2. The fourth-order valence-electron chi connectivity index (χ4n) is 1.86. The molecule has 0 fully saturated rings. The number of benzene rings is 1. The van der Waals surface area contributed by atoms with Gasteiger partial charge in [0.15, 0.2) is 0 Å². The van der Waals surface area contributed by atoms with Gasteiger partial charge < -0.3 is 10.1 Å². The summed E-state index contributed by atoms with van der Waals surface area (Å²) in [6.45, 7) is 9.98. The van der Waals surface area contributed by atoms with E-state index in [1.165, 1.54) is 0 Å². The Labute approximate surface area is 132 Å². The highest BCUT2D eigenvalue weighted by atomic mass is 35.5. The Hall–Kier alpha value is -0.280. The predicted molar refractivity (Wildman–Crippen MR) is 88.0 cm³/mol. The summed E-state index contributed by atoms with van der Waals surface area (Å²) in [5, 5.41) is 4.76. The molecule has 0 aliphatic rings. The fourth-order valence-corrected chi connectivity index (χ4v) is 2.26. The maximum atomic E-state index is 6.26. The third-order valence-electron chi connectivity index (χ3n) is 2.90. The Balaban J connectivity index is 2.70. The zero-order valence-electron chi connectivity index (χ0n) is 12.8. The smallest absolute Gasteiger partial charge is 0.0630 e. The normalized spacial score (nSPS) is 13.5. The summed E-state index contributed by atoms with van der Waals surface area (Å²) in [5.41, 5.74) is 0.926. The van der Waals surface area contributed by atoms with Crippen molar-refractivity contribution >= 4 is 23.2 Å². The van der Waals surface area contributed by atoms with Gasteiger partial charge in [-0.3, -0.25) is 0 Å². The molecule has 1 unspecified atom stereocenters. The lowest BCUT2D eigenvalue weighted by Crippen LogP contribution is -2.38. The van der Waals surface area contributed by atoms with Gasteiger partial charge in [0.25, 0.3) is 0 Å². The summed E-state index contributed by atoms with van der Waals surface area (Å²) in [5.74, 6) is 0. The van der Waals surface area contributed by atoms with Crippen LogP contribution in [0.2, 0.25) is 10.0 Å². The Morgan fingerprint density at radius 2 is 1.95 bits per heavy atom. The first-order valence-corrected chi connectivity index (χ1v) is 7.89. The summed E-state index contributed by atoms with van der Waals surface area (Å²) in [7, 11) is 0. The summed E-state index contributed by atoms with van der Waals surface area (Å²) < 4.78 is 5.89. The first-order valence-electron chi connectivity index (χ1n) is 7.13. The Kier molecular flexibility index (Phi) is 7.32. The summed E-state index contributed by atoms with van der Waals surface area (Å²) in [6.07, 6.45) is 1.91. The first-order chi connectivity index (χ1) is 9.33. The summed E-state index contributed by atoms with van der Waals surface area (Å²) >= 11 is 12.3. The average Bonchev–Trinajstić information content (AvgIpc) is 2.37. The molecule has 4 heteroatoms. The minimum Gasteiger partial charge on any atom is -0.374 e. The molecule has 0 saturated carbocycles. The SMILES string of the molecule is CCCNC(COC(C)(C)C)Cc1cccc(Cl)c1Cl. The van der Waals surface area contributed by atoms with Crippen molar-refractivity contribution in [2.45, 2.75) is 52.2 Å². The van der Waals surface area contributed by atoms with Crippen LogP contribution in [0.1, 0.15) is 39.7 Å². The number of rotatable bonds is 7. The van der Waals surface area contributed by atoms with Gasteiger partial charge in [-0.1, -0.05) is 42.3 Å². The van der Waals surface area contributed by atoms with Crippen LogP contribution in [0.3, 0.4) is 0 Å². The van der Waals surface area contributed by atoms with Gasteiger partial charge in [0.05, 0.1) is 22.3 Å². The Morgan fingerprint density at radius 3 is 2.55 bits per heavy atom. The minimum absolute atomic E-state index is 0.135. The molecule has 20 heavy (non-hydrogen) atoms. The second-order valence-electron chi connectivity index (χ2n) is 5.99.